The van der Waals surface area contributed by atoms with Crippen molar-refractivity contribution >= 4 is 17.8 Å². The van der Waals surface area contributed by atoms with Crippen LogP contribution in [0.15, 0.2) is 48.0 Å². The van der Waals surface area contributed by atoms with Gasteiger partial charge < -0.3 is 14.6 Å². The number of benzene rings is 2. The van der Waals surface area contributed by atoms with E-state index in [9.17, 15) is 14.9 Å². The molecule has 0 atom stereocenters. The van der Waals surface area contributed by atoms with E-state index in [1.54, 1.807) is 12.1 Å². The van der Waals surface area contributed by atoms with E-state index in [0.29, 0.717) is 22.6 Å². The first kappa shape index (κ1) is 15.3. The molecule has 1 aliphatic rings. The molecule has 1 N–H and O–H groups in total. The lowest BCUT2D eigenvalue weighted by molar-refractivity contribution is 0.0696. The smallest absolute Gasteiger partial charge is 0.335 e. The zero-order chi connectivity index (χ0) is 17.1. The van der Waals surface area contributed by atoms with E-state index in [1.165, 1.54) is 36.4 Å². The average molecular weight is 321 g/mol. The number of ether oxygens (including phenoxy) is 2. The summed E-state index contributed by atoms with van der Waals surface area (Å²) in [6.45, 7) is 0.101. The van der Waals surface area contributed by atoms with Gasteiger partial charge in [-0.15, -0.1) is 0 Å². The Kier molecular flexibility index (Phi) is 4.00. The van der Waals surface area contributed by atoms with Gasteiger partial charge in [-0.2, -0.15) is 5.26 Å². The topological polar surface area (TPSA) is 96.6 Å². The number of carbonyl (C=O) groups is 2. The molecule has 24 heavy (non-hydrogen) atoms. The Hall–Kier alpha value is -3.59. The third kappa shape index (κ3) is 2.96. The second-order valence-corrected chi connectivity index (χ2v) is 4.99. The van der Waals surface area contributed by atoms with Crippen LogP contribution in [0.2, 0.25) is 0 Å². The number of allylic oxidation sites excluding steroid dienone is 1. The van der Waals surface area contributed by atoms with Crippen molar-refractivity contribution < 1.29 is 24.2 Å². The summed E-state index contributed by atoms with van der Waals surface area (Å²) < 4.78 is 10.4. The molecule has 0 aliphatic carbocycles. The third-order valence-corrected chi connectivity index (χ3v) is 3.47. The maximum Gasteiger partial charge on any atom is 0.335 e. The fraction of sp³-hybridized carbons (Fsp3) is 0.0556. The van der Waals surface area contributed by atoms with Gasteiger partial charge >= 0.3 is 5.97 Å². The number of carboxylic acids is 1. The fourth-order valence-electron chi connectivity index (χ4n) is 2.23. The maximum absolute atomic E-state index is 12.5. The number of rotatable bonds is 4. The molecule has 2 aromatic carbocycles. The summed E-state index contributed by atoms with van der Waals surface area (Å²) in [5, 5.41) is 18.1. The van der Waals surface area contributed by atoms with Gasteiger partial charge in [0.2, 0.25) is 12.6 Å². The molecule has 0 bridgehead atoms. The van der Waals surface area contributed by atoms with Crippen molar-refractivity contribution in [2.24, 2.45) is 0 Å². The van der Waals surface area contributed by atoms with Crippen LogP contribution in [-0.2, 0) is 0 Å². The molecule has 0 saturated heterocycles. The number of aromatic carboxylic acids is 1. The van der Waals surface area contributed by atoms with E-state index in [2.05, 4.69) is 0 Å². The molecule has 6 heteroatoms. The number of hydrogen-bond acceptors (Lipinski definition) is 5. The van der Waals surface area contributed by atoms with Gasteiger partial charge in [-0.05, 0) is 42.0 Å². The van der Waals surface area contributed by atoms with Crippen molar-refractivity contribution in [3.63, 3.8) is 0 Å². The first-order valence-electron chi connectivity index (χ1n) is 6.98. The van der Waals surface area contributed by atoms with E-state index in [1.807, 2.05) is 6.07 Å². The van der Waals surface area contributed by atoms with E-state index in [0.717, 1.165) is 0 Å². The van der Waals surface area contributed by atoms with Gasteiger partial charge in [0.15, 0.2) is 11.5 Å². The highest BCUT2D eigenvalue weighted by Gasteiger charge is 2.18. The maximum atomic E-state index is 12.5. The molecule has 118 valence electrons. The van der Waals surface area contributed by atoms with Crippen LogP contribution in [0.25, 0.3) is 6.08 Å². The highest BCUT2D eigenvalue weighted by molar-refractivity contribution is 6.14. The monoisotopic (exact) mass is 321 g/mol. The largest absolute Gasteiger partial charge is 0.478 e. The number of nitriles is 1. The van der Waals surface area contributed by atoms with Crippen LogP contribution >= 0.6 is 0 Å². The number of Topliss-reactive ketones (excluding diaryl/α,β-unsaturated/α-hetero) is 1. The van der Waals surface area contributed by atoms with E-state index < -0.39 is 11.8 Å². The van der Waals surface area contributed by atoms with Crippen LogP contribution in [0.3, 0.4) is 0 Å². The van der Waals surface area contributed by atoms with Crippen LogP contribution in [0.1, 0.15) is 26.3 Å². The molecule has 1 aliphatic heterocycles. The molecule has 0 radical (unpaired) electrons. The number of carbonyl (C=O) groups excluding carboxylic acids is 1. The van der Waals surface area contributed by atoms with E-state index >= 15 is 0 Å². The molecule has 0 unspecified atom stereocenters. The molecule has 1 heterocycles. The Balaban J connectivity index is 1.89. The van der Waals surface area contributed by atoms with Crippen LogP contribution in [0.5, 0.6) is 11.5 Å². The molecule has 0 saturated carbocycles. The van der Waals surface area contributed by atoms with Crippen molar-refractivity contribution in [1.29, 1.82) is 5.26 Å². The third-order valence-electron chi connectivity index (χ3n) is 3.47. The fourth-order valence-corrected chi connectivity index (χ4v) is 2.23. The zero-order valence-corrected chi connectivity index (χ0v) is 12.4. The van der Waals surface area contributed by atoms with Crippen molar-refractivity contribution in [2.45, 2.75) is 0 Å². The van der Waals surface area contributed by atoms with Gasteiger partial charge in [-0.3, -0.25) is 4.79 Å². The van der Waals surface area contributed by atoms with E-state index in [-0.39, 0.29) is 17.9 Å². The predicted molar refractivity (Wildman–Crippen MR) is 83.9 cm³/mol. The quantitative estimate of drug-likeness (QED) is 0.528. The first-order chi connectivity index (χ1) is 11.6. The minimum Gasteiger partial charge on any atom is -0.478 e. The average Bonchev–Trinajstić information content (AvgIpc) is 3.07. The van der Waals surface area contributed by atoms with Crippen LogP contribution < -0.4 is 9.47 Å². The summed E-state index contributed by atoms with van der Waals surface area (Å²) in [6, 6.07) is 12.5. The highest BCUT2D eigenvalue weighted by atomic mass is 16.7. The standard InChI is InChI=1S/C18H11NO5/c19-9-14(7-11-1-3-12(4-2-11)18(21)22)17(20)13-5-6-15-16(8-13)24-10-23-15/h1-8H,10H2,(H,21,22). The second kappa shape index (κ2) is 6.26. The van der Waals surface area contributed by atoms with Crippen LogP contribution in [0, 0.1) is 11.3 Å². The number of nitrogens with zero attached hydrogens (tertiary/aromatic N) is 1. The number of ketones is 1. The lowest BCUT2D eigenvalue weighted by Gasteiger charge is -2.02. The summed E-state index contributed by atoms with van der Waals surface area (Å²) in [7, 11) is 0. The van der Waals surface area contributed by atoms with Gasteiger partial charge in [0.05, 0.1) is 5.56 Å². The number of carboxylic acid groups (broad SMARTS) is 1. The molecule has 2 aromatic rings. The lowest BCUT2D eigenvalue weighted by Crippen LogP contribution is -2.02. The minimum absolute atomic E-state index is 0.0584. The zero-order valence-electron chi connectivity index (χ0n) is 12.4. The second-order valence-electron chi connectivity index (χ2n) is 4.99. The summed E-state index contributed by atoms with van der Waals surface area (Å²) in [5.41, 5.74) is 0.949. The first-order valence-corrected chi connectivity index (χ1v) is 6.98. The summed E-state index contributed by atoms with van der Waals surface area (Å²) in [6.07, 6.45) is 1.42. The molecular formula is C18H11NO5. The van der Waals surface area contributed by atoms with Gasteiger partial charge in [0.25, 0.3) is 0 Å². The summed E-state index contributed by atoms with van der Waals surface area (Å²) in [5.74, 6) is -0.470. The van der Waals surface area contributed by atoms with Crippen LogP contribution in [0.4, 0.5) is 0 Å². The van der Waals surface area contributed by atoms with Crippen LogP contribution in [-0.4, -0.2) is 23.7 Å². The van der Waals surface area contributed by atoms with Gasteiger partial charge in [-0.25, -0.2) is 4.79 Å². The van der Waals surface area contributed by atoms with Gasteiger partial charge in [0.1, 0.15) is 11.6 Å². The molecule has 0 fully saturated rings. The van der Waals surface area contributed by atoms with Gasteiger partial charge in [-0.1, -0.05) is 12.1 Å². The van der Waals surface area contributed by atoms with Gasteiger partial charge in [0, 0.05) is 5.56 Å². The minimum atomic E-state index is -1.04. The van der Waals surface area contributed by atoms with Crippen molar-refractivity contribution in [3.05, 3.63) is 64.7 Å². The Bertz CT molecular complexity index is 891. The highest BCUT2D eigenvalue weighted by Crippen LogP contribution is 2.33. The predicted octanol–water partition coefficient (Wildman–Crippen LogP) is 2.90. The summed E-state index contributed by atoms with van der Waals surface area (Å²) >= 11 is 0. The lowest BCUT2D eigenvalue weighted by atomic mass is 10.0. The molecule has 3 rings (SSSR count). The molecule has 0 amide bonds. The Morgan fingerprint density at radius 1 is 1.04 bits per heavy atom. The van der Waals surface area contributed by atoms with Crippen molar-refractivity contribution in [3.8, 4) is 17.6 Å². The molecule has 0 aromatic heterocycles. The van der Waals surface area contributed by atoms with E-state index in [4.69, 9.17) is 14.6 Å². The molecule has 6 nitrogen and oxygen atoms in total. The summed E-state index contributed by atoms with van der Waals surface area (Å²) in [4.78, 5) is 23.3. The molecular weight excluding hydrogens is 310 g/mol. The Morgan fingerprint density at radius 2 is 1.71 bits per heavy atom. The Morgan fingerprint density at radius 3 is 2.38 bits per heavy atom. The SMILES string of the molecule is N#CC(=Cc1ccc(C(=O)O)cc1)C(=O)c1ccc2c(c1)OCO2. The molecule has 0 spiro atoms. The van der Waals surface area contributed by atoms with Crippen molar-refractivity contribution in [2.75, 3.05) is 6.79 Å². The Labute approximate surface area is 137 Å². The normalized spacial score (nSPS) is 12.5. The number of fused-ring (bicyclic) bond motifs is 1. The van der Waals surface area contributed by atoms with Crippen molar-refractivity contribution in [1.82, 2.24) is 0 Å². The number of hydrogen-bond donors (Lipinski definition) is 1.